The van der Waals surface area contributed by atoms with Gasteiger partial charge in [0.1, 0.15) is 18.0 Å². The minimum atomic E-state index is -0.192. The first-order valence-corrected chi connectivity index (χ1v) is 9.97. The fourth-order valence-corrected chi connectivity index (χ4v) is 3.13. The summed E-state index contributed by atoms with van der Waals surface area (Å²) in [4.78, 5) is 18.8. The smallest absolute Gasteiger partial charge is 0.261 e. The van der Waals surface area contributed by atoms with Gasteiger partial charge in [0.25, 0.3) is 5.91 Å². The Morgan fingerprint density at radius 2 is 1.94 bits per heavy atom. The van der Waals surface area contributed by atoms with Gasteiger partial charge in [-0.3, -0.25) is 4.79 Å². The van der Waals surface area contributed by atoms with Gasteiger partial charge in [0.05, 0.1) is 7.11 Å². The standard InChI is InChI=1S/C24H27N3O4/c1-6-11-27(23(28)15-30-21-13-16(2)12-17(3)18(21)4)14-22-25-24(26-31-22)19-7-9-20(29-5)10-8-19/h6-10,12-13H,1,11,14-15H2,2-5H3. The average Bonchev–Trinajstić information content (AvgIpc) is 3.23. The molecule has 7 nitrogen and oxygen atoms in total. The molecule has 0 aliphatic carbocycles. The lowest BCUT2D eigenvalue weighted by Crippen LogP contribution is -2.34. The normalized spacial score (nSPS) is 10.6. The van der Waals surface area contributed by atoms with Gasteiger partial charge in [-0.05, 0) is 67.8 Å². The Hall–Kier alpha value is -3.61. The molecule has 2 aromatic carbocycles. The van der Waals surface area contributed by atoms with E-state index in [4.69, 9.17) is 14.0 Å². The van der Waals surface area contributed by atoms with Crippen LogP contribution < -0.4 is 9.47 Å². The first-order chi connectivity index (χ1) is 14.9. The summed E-state index contributed by atoms with van der Waals surface area (Å²) in [5.74, 6) is 2.05. The van der Waals surface area contributed by atoms with Gasteiger partial charge in [-0.1, -0.05) is 17.3 Å². The van der Waals surface area contributed by atoms with Crippen molar-refractivity contribution in [3.05, 3.63) is 71.6 Å². The molecule has 0 bridgehead atoms. The number of aromatic nitrogens is 2. The molecule has 0 aliphatic rings. The van der Waals surface area contributed by atoms with E-state index in [1.807, 2.05) is 51.1 Å². The zero-order valence-electron chi connectivity index (χ0n) is 18.3. The monoisotopic (exact) mass is 421 g/mol. The van der Waals surface area contributed by atoms with Crippen molar-refractivity contribution < 1.29 is 18.8 Å². The van der Waals surface area contributed by atoms with E-state index < -0.39 is 0 Å². The van der Waals surface area contributed by atoms with E-state index in [0.29, 0.717) is 24.0 Å². The minimum Gasteiger partial charge on any atom is -0.497 e. The highest BCUT2D eigenvalue weighted by molar-refractivity contribution is 5.78. The third kappa shape index (κ3) is 5.51. The molecule has 0 N–H and O–H groups in total. The van der Waals surface area contributed by atoms with Crippen molar-refractivity contribution in [1.82, 2.24) is 15.0 Å². The van der Waals surface area contributed by atoms with Gasteiger partial charge < -0.3 is 18.9 Å². The molecular formula is C24H27N3O4. The summed E-state index contributed by atoms with van der Waals surface area (Å²) in [5.41, 5.74) is 4.04. The summed E-state index contributed by atoms with van der Waals surface area (Å²) in [6.45, 7) is 10.2. The van der Waals surface area contributed by atoms with Crippen LogP contribution in [0.25, 0.3) is 11.4 Å². The number of nitrogens with zero attached hydrogens (tertiary/aromatic N) is 3. The lowest BCUT2D eigenvalue weighted by molar-refractivity contribution is -0.133. The number of amides is 1. The molecule has 0 aliphatic heterocycles. The molecule has 0 fully saturated rings. The van der Waals surface area contributed by atoms with Crippen molar-refractivity contribution >= 4 is 5.91 Å². The second kappa shape index (κ2) is 9.93. The van der Waals surface area contributed by atoms with Crippen molar-refractivity contribution in [1.29, 1.82) is 0 Å². The molecule has 0 saturated heterocycles. The van der Waals surface area contributed by atoms with E-state index in [9.17, 15) is 4.79 Å². The van der Waals surface area contributed by atoms with Crippen molar-refractivity contribution in [3.63, 3.8) is 0 Å². The number of carbonyl (C=O) groups excluding carboxylic acids is 1. The van der Waals surface area contributed by atoms with Gasteiger partial charge in [0.15, 0.2) is 6.61 Å². The van der Waals surface area contributed by atoms with Crippen LogP contribution in [0.3, 0.4) is 0 Å². The predicted octanol–water partition coefficient (Wildman–Crippen LogP) is 4.26. The fraction of sp³-hybridized carbons (Fsp3) is 0.292. The highest BCUT2D eigenvalue weighted by Gasteiger charge is 2.18. The summed E-state index contributed by atoms with van der Waals surface area (Å²) < 4.78 is 16.3. The molecular weight excluding hydrogens is 394 g/mol. The van der Waals surface area contributed by atoms with Crippen LogP contribution in [0.5, 0.6) is 11.5 Å². The van der Waals surface area contributed by atoms with E-state index in [2.05, 4.69) is 22.8 Å². The van der Waals surface area contributed by atoms with Crippen molar-refractivity contribution in [2.24, 2.45) is 0 Å². The Morgan fingerprint density at radius 1 is 1.19 bits per heavy atom. The number of ether oxygens (including phenoxy) is 2. The maximum absolute atomic E-state index is 12.8. The topological polar surface area (TPSA) is 77.7 Å². The summed E-state index contributed by atoms with van der Waals surface area (Å²) in [7, 11) is 1.61. The Labute approximate surface area is 182 Å². The number of benzene rings is 2. The molecule has 0 saturated carbocycles. The van der Waals surface area contributed by atoms with E-state index in [0.717, 1.165) is 28.0 Å². The molecule has 3 aromatic rings. The molecule has 162 valence electrons. The van der Waals surface area contributed by atoms with Crippen LogP contribution in [0.4, 0.5) is 0 Å². The zero-order chi connectivity index (χ0) is 22.4. The van der Waals surface area contributed by atoms with Crippen LogP contribution in [-0.2, 0) is 11.3 Å². The van der Waals surface area contributed by atoms with E-state index in [1.165, 1.54) is 0 Å². The quantitative estimate of drug-likeness (QED) is 0.480. The van der Waals surface area contributed by atoms with Gasteiger partial charge in [0, 0.05) is 12.1 Å². The number of rotatable bonds is 9. The van der Waals surface area contributed by atoms with Gasteiger partial charge >= 0.3 is 0 Å². The van der Waals surface area contributed by atoms with Crippen LogP contribution in [0, 0.1) is 20.8 Å². The maximum Gasteiger partial charge on any atom is 0.261 e. The summed E-state index contributed by atoms with van der Waals surface area (Å²) in [6.07, 6.45) is 1.65. The van der Waals surface area contributed by atoms with Crippen molar-refractivity contribution in [3.8, 4) is 22.9 Å². The highest BCUT2D eigenvalue weighted by atomic mass is 16.5. The molecule has 0 unspecified atom stereocenters. The summed E-state index contributed by atoms with van der Waals surface area (Å²) in [5, 5.41) is 4.02. The highest BCUT2D eigenvalue weighted by Crippen LogP contribution is 2.23. The third-order valence-corrected chi connectivity index (χ3v) is 4.96. The Morgan fingerprint density at radius 3 is 2.61 bits per heavy atom. The summed E-state index contributed by atoms with van der Waals surface area (Å²) >= 11 is 0. The Bertz CT molecular complexity index is 1060. The number of carbonyl (C=O) groups is 1. The largest absolute Gasteiger partial charge is 0.497 e. The Balaban J connectivity index is 1.67. The van der Waals surface area contributed by atoms with Gasteiger partial charge in [-0.25, -0.2) is 0 Å². The molecule has 1 aromatic heterocycles. The molecule has 0 radical (unpaired) electrons. The second-order valence-electron chi connectivity index (χ2n) is 7.30. The SMILES string of the molecule is C=CCN(Cc1nc(-c2ccc(OC)cc2)no1)C(=O)COc1cc(C)cc(C)c1C. The molecule has 0 spiro atoms. The first kappa shape index (κ1) is 22.1. The van der Waals surface area contributed by atoms with Crippen LogP contribution in [0.2, 0.25) is 0 Å². The first-order valence-electron chi connectivity index (χ1n) is 9.97. The average molecular weight is 421 g/mol. The van der Waals surface area contributed by atoms with Crippen LogP contribution in [-0.4, -0.2) is 41.2 Å². The molecule has 7 heteroatoms. The van der Waals surface area contributed by atoms with Crippen molar-refractivity contribution in [2.75, 3.05) is 20.3 Å². The van der Waals surface area contributed by atoms with Crippen molar-refractivity contribution in [2.45, 2.75) is 27.3 Å². The zero-order valence-corrected chi connectivity index (χ0v) is 18.3. The van der Waals surface area contributed by atoms with Gasteiger partial charge in [-0.2, -0.15) is 4.98 Å². The van der Waals surface area contributed by atoms with E-state index in [1.54, 1.807) is 18.1 Å². The number of methoxy groups -OCH3 is 1. The number of aryl methyl sites for hydroxylation is 2. The molecule has 31 heavy (non-hydrogen) atoms. The van der Waals surface area contributed by atoms with E-state index >= 15 is 0 Å². The summed E-state index contributed by atoms with van der Waals surface area (Å²) in [6, 6.07) is 11.4. The minimum absolute atomic E-state index is 0.0863. The van der Waals surface area contributed by atoms with Crippen LogP contribution in [0.15, 0.2) is 53.6 Å². The van der Waals surface area contributed by atoms with Crippen LogP contribution in [0.1, 0.15) is 22.6 Å². The maximum atomic E-state index is 12.8. The Kier molecular flexibility index (Phi) is 7.07. The molecule has 3 rings (SSSR count). The lowest BCUT2D eigenvalue weighted by Gasteiger charge is -2.20. The molecule has 1 amide bonds. The number of hydrogen-bond donors (Lipinski definition) is 0. The molecule has 0 atom stereocenters. The van der Waals surface area contributed by atoms with Crippen LogP contribution >= 0.6 is 0 Å². The van der Waals surface area contributed by atoms with Gasteiger partial charge in [-0.15, -0.1) is 6.58 Å². The van der Waals surface area contributed by atoms with E-state index in [-0.39, 0.29) is 19.1 Å². The number of hydrogen-bond acceptors (Lipinski definition) is 6. The molecule has 1 heterocycles. The third-order valence-electron chi connectivity index (χ3n) is 4.96. The van der Waals surface area contributed by atoms with Gasteiger partial charge in [0.2, 0.25) is 11.7 Å². The second-order valence-corrected chi connectivity index (χ2v) is 7.30. The fourth-order valence-electron chi connectivity index (χ4n) is 3.13. The lowest BCUT2D eigenvalue weighted by atomic mass is 10.1. The predicted molar refractivity (Wildman–Crippen MR) is 118 cm³/mol.